The van der Waals surface area contributed by atoms with Gasteiger partial charge in [0, 0.05) is 29.7 Å². The molecule has 1 N–H and O–H groups in total. The minimum absolute atomic E-state index is 0.0117. The minimum atomic E-state index is -0.746. The zero-order chi connectivity index (χ0) is 22.8. The molecule has 0 unspecified atom stereocenters. The second-order valence-electron chi connectivity index (χ2n) is 8.17. The van der Waals surface area contributed by atoms with Crippen LogP contribution in [0.2, 0.25) is 0 Å². The van der Waals surface area contributed by atoms with Crippen LogP contribution in [0, 0.1) is 11.6 Å². The average molecular weight is 438 g/mol. The number of halogens is 2. The number of hydrogen-bond acceptors (Lipinski definition) is 4. The maximum absolute atomic E-state index is 13.6. The summed E-state index contributed by atoms with van der Waals surface area (Å²) in [6, 6.07) is 12.1. The Morgan fingerprint density at radius 1 is 1.06 bits per heavy atom. The maximum atomic E-state index is 13.6. The van der Waals surface area contributed by atoms with E-state index < -0.39 is 18.2 Å². The molecule has 3 aromatic rings. The zero-order valence-corrected chi connectivity index (χ0v) is 17.8. The number of carbonyl (C=O) groups excluding carboxylic acids is 1. The van der Waals surface area contributed by atoms with Crippen LogP contribution in [0.4, 0.5) is 8.78 Å². The molecule has 5 nitrogen and oxygen atoms in total. The first-order chi connectivity index (χ1) is 15.3. The molecular weight excluding hydrogens is 414 g/mol. The second-order valence-corrected chi connectivity index (χ2v) is 8.17. The Morgan fingerprint density at radius 3 is 2.22 bits per heavy atom. The molecular formula is C25H24F2N2O3. The van der Waals surface area contributed by atoms with Crippen molar-refractivity contribution >= 4 is 12.2 Å². The number of imidazole rings is 1. The molecule has 1 aliphatic rings. The molecule has 7 heteroatoms. The lowest BCUT2D eigenvalue weighted by Crippen LogP contribution is -2.31. The summed E-state index contributed by atoms with van der Waals surface area (Å²) < 4.78 is 34.4. The molecule has 1 fully saturated rings. The van der Waals surface area contributed by atoms with Gasteiger partial charge >= 0.3 is 5.97 Å². The summed E-state index contributed by atoms with van der Waals surface area (Å²) in [5, 5.41) is 9.90. The molecule has 0 bridgehead atoms. The van der Waals surface area contributed by atoms with E-state index in [9.17, 15) is 18.7 Å². The van der Waals surface area contributed by atoms with Crippen molar-refractivity contribution in [2.75, 3.05) is 0 Å². The Morgan fingerprint density at radius 2 is 1.66 bits per heavy atom. The fourth-order valence-electron chi connectivity index (χ4n) is 3.81. The first-order valence-electron chi connectivity index (χ1n) is 10.5. The summed E-state index contributed by atoms with van der Waals surface area (Å²) in [6.07, 6.45) is 2.47. The van der Waals surface area contributed by atoms with Crippen LogP contribution in [0.25, 0.3) is 28.7 Å². The monoisotopic (exact) mass is 438 g/mol. The van der Waals surface area contributed by atoms with E-state index in [1.807, 2.05) is 18.4 Å². The van der Waals surface area contributed by atoms with Crippen LogP contribution in [0.1, 0.15) is 38.4 Å². The average Bonchev–Trinajstić information content (AvgIpc) is 3.12. The molecule has 0 aliphatic carbocycles. The highest BCUT2D eigenvalue weighted by atomic mass is 19.1. The van der Waals surface area contributed by atoms with E-state index in [4.69, 9.17) is 9.72 Å². The number of aliphatic hydroxyl groups is 1. The van der Waals surface area contributed by atoms with Gasteiger partial charge < -0.3 is 14.4 Å². The highest BCUT2D eigenvalue weighted by molar-refractivity contribution is 5.81. The van der Waals surface area contributed by atoms with Crippen molar-refractivity contribution in [2.45, 2.75) is 44.8 Å². The third-order valence-electron chi connectivity index (χ3n) is 5.33. The number of aliphatic hydroxyl groups excluding tert-OH is 1. The van der Waals surface area contributed by atoms with Crippen molar-refractivity contribution in [1.29, 1.82) is 0 Å². The number of aromatic nitrogens is 2. The molecule has 2 atom stereocenters. The lowest BCUT2D eigenvalue weighted by atomic mass is 10.0. The SMILES string of the molecule is CC(C)c1nc(-c2ccc(F)cc2)c(-c2ccc(F)cc2)n1/C=C/[C@H]1C[C@@H](O)CC(=O)O1. The highest BCUT2D eigenvalue weighted by Gasteiger charge is 2.26. The van der Waals surface area contributed by atoms with Crippen LogP contribution in [-0.4, -0.2) is 32.8 Å². The summed E-state index contributed by atoms with van der Waals surface area (Å²) in [7, 11) is 0. The van der Waals surface area contributed by atoms with E-state index >= 15 is 0 Å². The Kier molecular flexibility index (Phi) is 6.19. The third-order valence-corrected chi connectivity index (χ3v) is 5.33. The number of benzene rings is 2. The Hall–Kier alpha value is -3.32. The van der Waals surface area contributed by atoms with Gasteiger partial charge in [-0.25, -0.2) is 13.8 Å². The van der Waals surface area contributed by atoms with Crippen molar-refractivity contribution in [3.05, 3.63) is 72.1 Å². The number of esters is 1. The minimum Gasteiger partial charge on any atom is -0.458 e. The maximum Gasteiger partial charge on any atom is 0.309 e. The first-order valence-corrected chi connectivity index (χ1v) is 10.5. The Balaban J connectivity index is 1.86. The molecule has 4 rings (SSSR count). The van der Waals surface area contributed by atoms with Crippen LogP contribution in [-0.2, 0) is 9.53 Å². The lowest BCUT2D eigenvalue weighted by molar-refractivity contribution is -0.156. The quantitative estimate of drug-likeness (QED) is 0.559. The number of nitrogens with zero attached hydrogens (tertiary/aromatic N) is 2. The van der Waals surface area contributed by atoms with Gasteiger partial charge in [0.05, 0.1) is 23.9 Å². The van der Waals surface area contributed by atoms with Crippen molar-refractivity contribution in [1.82, 2.24) is 9.55 Å². The predicted molar refractivity (Wildman–Crippen MR) is 118 cm³/mol. The van der Waals surface area contributed by atoms with Crippen LogP contribution >= 0.6 is 0 Å². The van der Waals surface area contributed by atoms with Crippen LogP contribution in [0.15, 0.2) is 54.6 Å². The van der Waals surface area contributed by atoms with Crippen LogP contribution < -0.4 is 0 Å². The topological polar surface area (TPSA) is 64.3 Å². The molecule has 0 spiro atoms. The highest BCUT2D eigenvalue weighted by Crippen LogP contribution is 2.35. The molecule has 0 saturated carbocycles. The van der Waals surface area contributed by atoms with Gasteiger partial charge in [0.1, 0.15) is 23.6 Å². The summed E-state index contributed by atoms with van der Waals surface area (Å²) in [4.78, 5) is 16.5. The van der Waals surface area contributed by atoms with Crippen molar-refractivity contribution in [3.8, 4) is 22.5 Å². The smallest absolute Gasteiger partial charge is 0.309 e. The summed E-state index contributed by atoms with van der Waals surface area (Å²) in [6.45, 7) is 4.00. The standard InChI is InChI=1S/C25H24F2N2O3/c1-15(2)25-28-23(16-3-7-18(26)8-4-16)24(17-5-9-19(27)10-6-17)29(25)12-11-21-13-20(30)14-22(31)32-21/h3-12,15,20-21,30H,13-14H2,1-2H3/b12-11+/t20-,21+/m1/s1. The molecule has 1 aromatic heterocycles. The molecule has 2 aromatic carbocycles. The van der Waals surface area contributed by atoms with Gasteiger partial charge in [0.2, 0.25) is 0 Å². The van der Waals surface area contributed by atoms with Crippen molar-refractivity contribution < 1.29 is 23.4 Å². The summed E-state index contributed by atoms with van der Waals surface area (Å²) >= 11 is 0. The molecule has 166 valence electrons. The lowest BCUT2D eigenvalue weighted by Gasteiger charge is -2.23. The fraction of sp³-hybridized carbons (Fsp3) is 0.280. The largest absolute Gasteiger partial charge is 0.458 e. The van der Waals surface area contributed by atoms with Gasteiger partial charge in [-0.05, 0) is 54.6 Å². The van der Waals surface area contributed by atoms with Crippen LogP contribution in [0.3, 0.4) is 0 Å². The molecule has 0 amide bonds. The number of cyclic esters (lactones) is 1. The normalized spacial score (nSPS) is 19.0. The van der Waals surface area contributed by atoms with E-state index in [-0.39, 0.29) is 24.0 Å². The summed E-state index contributed by atoms with van der Waals surface area (Å²) in [5.41, 5.74) is 2.79. The molecule has 0 radical (unpaired) electrons. The van der Waals surface area contributed by atoms with Gasteiger partial charge in [-0.15, -0.1) is 0 Å². The second kappa shape index (κ2) is 9.04. The third kappa shape index (κ3) is 4.62. The number of rotatable bonds is 5. The number of hydrogen-bond donors (Lipinski definition) is 1. The predicted octanol–water partition coefficient (Wildman–Crippen LogP) is 5.16. The van der Waals surface area contributed by atoms with Crippen LogP contribution in [0.5, 0.6) is 0 Å². The van der Waals surface area contributed by atoms with E-state index in [1.165, 1.54) is 24.3 Å². The number of carbonyl (C=O) groups is 1. The van der Waals surface area contributed by atoms with Gasteiger partial charge in [-0.1, -0.05) is 13.8 Å². The Bertz CT molecular complexity index is 1140. The molecule has 1 saturated heterocycles. The van der Waals surface area contributed by atoms with Crippen molar-refractivity contribution in [3.63, 3.8) is 0 Å². The summed E-state index contributed by atoms with van der Waals surface area (Å²) in [5.74, 6) is -0.377. The Labute approximate surface area is 185 Å². The van der Waals surface area contributed by atoms with E-state index in [0.717, 1.165) is 17.0 Å². The molecule has 2 heterocycles. The van der Waals surface area contributed by atoms with Crippen molar-refractivity contribution in [2.24, 2.45) is 0 Å². The molecule has 1 aliphatic heterocycles. The molecule has 32 heavy (non-hydrogen) atoms. The van der Waals surface area contributed by atoms with E-state index in [1.54, 1.807) is 36.5 Å². The van der Waals surface area contributed by atoms with Gasteiger partial charge in [0.25, 0.3) is 0 Å². The first kappa shape index (κ1) is 21.9. The van der Waals surface area contributed by atoms with Gasteiger partial charge in [0.15, 0.2) is 0 Å². The zero-order valence-electron chi connectivity index (χ0n) is 17.8. The number of ether oxygens (including phenoxy) is 1. The fourth-order valence-corrected chi connectivity index (χ4v) is 3.81. The van der Waals surface area contributed by atoms with E-state index in [2.05, 4.69) is 0 Å². The van der Waals surface area contributed by atoms with E-state index in [0.29, 0.717) is 17.8 Å². The van der Waals surface area contributed by atoms with Gasteiger partial charge in [-0.2, -0.15) is 0 Å². The van der Waals surface area contributed by atoms with Gasteiger partial charge in [-0.3, -0.25) is 4.79 Å².